The Morgan fingerprint density at radius 2 is 2.17 bits per heavy atom. The van der Waals surface area contributed by atoms with Gasteiger partial charge in [0.2, 0.25) is 0 Å². The van der Waals surface area contributed by atoms with Gasteiger partial charge in [-0.05, 0) is 15.9 Å². The number of fused-ring (bicyclic) bond motifs is 1. The summed E-state index contributed by atoms with van der Waals surface area (Å²) in [5.41, 5.74) is 0.701. The number of aromatic nitrogens is 3. The standard InChI is InChI=1S/C6H2BrCl2N3/c7-5-4-2(11-12-5)1-3(8)10-6(4)9/h1H,(H,11,12). The summed E-state index contributed by atoms with van der Waals surface area (Å²) in [6.07, 6.45) is 0. The summed E-state index contributed by atoms with van der Waals surface area (Å²) >= 11 is 14.7. The number of hydrogen-bond acceptors (Lipinski definition) is 2. The Bertz CT molecular complexity index is 440. The van der Waals surface area contributed by atoms with Crippen LogP contribution in [0.2, 0.25) is 10.3 Å². The minimum Gasteiger partial charge on any atom is -0.270 e. The lowest BCUT2D eigenvalue weighted by Gasteiger charge is -1.92. The van der Waals surface area contributed by atoms with E-state index >= 15 is 0 Å². The van der Waals surface area contributed by atoms with E-state index in [1.807, 2.05) is 0 Å². The summed E-state index contributed by atoms with van der Waals surface area (Å²) < 4.78 is 0.715. The number of hydrogen-bond donors (Lipinski definition) is 1. The van der Waals surface area contributed by atoms with Crippen LogP contribution in [0.15, 0.2) is 10.7 Å². The van der Waals surface area contributed by atoms with Crippen LogP contribution in [0.25, 0.3) is 10.9 Å². The van der Waals surface area contributed by atoms with E-state index in [2.05, 4.69) is 31.1 Å². The lowest BCUT2D eigenvalue weighted by molar-refractivity contribution is 1.10. The number of aromatic amines is 1. The molecule has 1 N–H and O–H groups in total. The smallest absolute Gasteiger partial charge is 0.142 e. The normalized spacial score (nSPS) is 10.9. The van der Waals surface area contributed by atoms with Gasteiger partial charge in [-0.2, -0.15) is 5.10 Å². The Balaban J connectivity index is 2.93. The van der Waals surface area contributed by atoms with Crippen molar-refractivity contribution in [3.8, 4) is 0 Å². The average Bonchev–Trinajstić information content (AvgIpc) is 2.31. The summed E-state index contributed by atoms with van der Waals surface area (Å²) in [5.74, 6) is 0. The van der Waals surface area contributed by atoms with E-state index in [-0.39, 0.29) is 0 Å². The van der Waals surface area contributed by atoms with Gasteiger partial charge in [-0.25, -0.2) is 4.98 Å². The molecule has 0 aromatic carbocycles. The van der Waals surface area contributed by atoms with Crippen LogP contribution < -0.4 is 0 Å². The zero-order valence-corrected chi connectivity index (χ0v) is 8.70. The second kappa shape index (κ2) is 2.87. The van der Waals surface area contributed by atoms with Gasteiger partial charge >= 0.3 is 0 Å². The maximum Gasteiger partial charge on any atom is 0.142 e. The highest BCUT2D eigenvalue weighted by Gasteiger charge is 2.08. The third-order valence-electron chi connectivity index (χ3n) is 1.42. The summed E-state index contributed by atoms with van der Waals surface area (Å²) in [5, 5.41) is 8.12. The van der Waals surface area contributed by atoms with Crippen molar-refractivity contribution >= 4 is 50.0 Å². The van der Waals surface area contributed by atoms with Crippen LogP contribution >= 0.6 is 39.1 Å². The van der Waals surface area contributed by atoms with Crippen LogP contribution in [0.1, 0.15) is 0 Å². The molecule has 3 nitrogen and oxygen atoms in total. The fourth-order valence-corrected chi connectivity index (χ4v) is 2.04. The molecular weight excluding hydrogens is 265 g/mol. The maximum absolute atomic E-state index is 5.82. The third kappa shape index (κ3) is 1.20. The average molecular weight is 267 g/mol. The Hall–Kier alpha value is -0.320. The van der Waals surface area contributed by atoms with Crippen molar-refractivity contribution in [3.05, 3.63) is 21.0 Å². The molecule has 0 unspecified atom stereocenters. The minimum absolute atomic E-state index is 0.339. The van der Waals surface area contributed by atoms with Crippen LogP contribution in [0.3, 0.4) is 0 Å². The highest BCUT2D eigenvalue weighted by atomic mass is 79.9. The van der Waals surface area contributed by atoms with Gasteiger partial charge in [0.05, 0.1) is 10.9 Å². The van der Waals surface area contributed by atoms with Gasteiger partial charge in [-0.3, -0.25) is 5.10 Å². The highest BCUT2D eigenvalue weighted by Crippen LogP contribution is 2.28. The van der Waals surface area contributed by atoms with Crippen molar-refractivity contribution in [2.75, 3.05) is 0 Å². The van der Waals surface area contributed by atoms with Crippen molar-refractivity contribution in [2.45, 2.75) is 0 Å². The van der Waals surface area contributed by atoms with E-state index in [4.69, 9.17) is 23.2 Å². The SMILES string of the molecule is Clc1cc2n[nH]c(Br)c2c(Cl)n1. The van der Waals surface area contributed by atoms with Crippen LogP contribution in [-0.4, -0.2) is 15.2 Å². The van der Waals surface area contributed by atoms with Crippen molar-refractivity contribution in [1.29, 1.82) is 0 Å². The Kier molecular flexibility index (Phi) is 1.98. The van der Waals surface area contributed by atoms with Gasteiger partial charge in [0.25, 0.3) is 0 Å². The van der Waals surface area contributed by atoms with E-state index in [0.717, 1.165) is 5.39 Å². The summed E-state index contributed by atoms with van der Waals surface area (Å²) in [7, 11) is 0. The molecule has 12 heavy (non-hydrogen) atoms. The fourth-order valence-electron chi connectivity index (χ4n) is 0.929. The van der Waals surface area contributed by atoms with E-state index in [1.165, 1.54) is 0 Å². The summed E-state index contributed by atoms with van der Waals surface area (Å²) in [6.45, 7) is 0. The molecule has 0 fully saturated rings. The number of H-pyrrole nitrogens is 1. The van der Waals surface area contributed by atoms with Crippen molar-refractivity contribution in [1.82, 2.24) is 15.2 Å². The summed E-state index contributed by atoms with van der Waals surface area (Å²) in [4.78, 5) is 3.88. The number of nitrogens with zero attached hydrogens (tertiary/aromatic N) is 2. The van der Waals surface area contributed by atoms with Crippen molar-refractivity contribution < 1.29 is 0 Å². The van der Waals surface area contributed by atoms with E-state index < -0.39 is 0 Å². The number of rotatable bonds is 0. The molecule has 0 saturated carbocycles. The molecule has 0 saturated heterocycles. The molecule has 0 aliphatic carbocycles. The first-order valence-corrected chi connectivity index (χ1v) is 4.59. The lowest BCUT2D eigenvalue weighted by Crippen LogP contribution is -1.78. The topological polar surface area (TPSA) is 41.6 Å². The van der Waals surface area contributed by atoms with E-state index in [9.17, 15) is 0 Å². The largest absolute Gasteiger partial charge is 0.270 e. The molecule has 2 aromatic rings. The summed E-state index contributed by atoms with van der Waals surface area (Å²) in [6, 6.07) is 1.64. The maximum atomic E-state index is 5.82. The van der Waals surface area contributed by atoms with Crippen molar-refractivity contribution in [2.24, 2.45) is 0 Å². The second-order valence-corrected chi connectivity index (χ2v) is 3.71. The molecule has 2 rings (SSSR count). The molecule has 0 spiro atoms. The van der Waals surface area contributed by atoms with E-state index in [1.54, 1.807) is 6.07 Å². The van der Waals surface area contributed by atoms with Gasteiger partial charge in [0.1, 0.15) is 14.9 Å². The molecule has 0 aliphatic heterocycles. The molecule has 2 heterocycles. The zero-order chi connectivity index (χ0) is 8.72. The quantitative estimate of drug-likeness (QED) is 0.745. The molecular formula is C6H2BrCl2N3. The molecule has 6 heteroatoms. The van der Waals surface area contributed by atoms with Crippen LogP contribution in [-0.2, 0) is 0 Å². The first-order valence-electron chi connectivity index (χ1n) is 3.04. The Morgan fingerprint density at radius 1 is 1.42 bits per heavy atom. The van der Waals surface area contributed by atoms with Gasteiger partial charge in [-0.15, -0.1) is 0 Å². The number of halogens is 3. The van der Waals surface area contributed by atoms with Crippen LogP contribution in [0.4, 0.5) is 0 Å². The Labute approximate surface area is 86.2 Å². The second-order valence-electron chi connectivity index (χ2n) is 2.17. The predicted octanol–water partition coefficient (Wildman–Crippen LogP) is 3.03. The van der Waals surface area contributed by atoms with Gasteiger partial charge in [-0.1, -0.05) is 23.2 Å². The highest BCUT2D eigenvalue weighted by molar-refractivity contribution is 9.10. The number of pyridine rings is 1. The zero-order valence-electron chi connectivity index (χ0n) is 5.61. The molecule has 0 radical (unpaired) electrons. The van der Waals surface area contributed by atoms with Crippen molar-refractivity contribution in [3.63, 3.8) is 0 Å². The molecule has 0 atom stereocenters. The van der Waals surface area contributed by atoms with Gasteiger partial charge < -0.3 is 0 Å². The van der Waals surface area contributed by atoms with Gasteiger partial charge in [0, 0.05) is 6.07 Å². The van der Waals surface area contributed by atoms with Crippen LogP contribution in [0.5, 0.6) is 0 Å². The monoisotopic (exact) mass is 265 g/mol. The fraction of sp³-hybridized carbons (Fsp3) is 0. The first kappa shape index (κ1) is 8.29. The Morgan fingerprint density at radius 3 is 2.92 bits per heavy atom. The lowest BCUT2D eigenvalue weighted by atomic mass is 10.3. The minimum atomic E-state index is 0.339. The van der Waals surface area contributed by atoms with E-state index in [0.29, 0.717) is 20.4 Å². The van der Waals surface area contributed by atoms with Gasteiger partial charge in [0.15, 0.2) is 0 Å². The molecule has 0 aliphatic rings. The molecule has 62 valence electrons. The molecule has 2 aromatic heterocycles. The molecule has 0 bridgehead atoms. The number of nitrogens with one attached hydrogen (secondary N) is 1. The first-order chi connectivity index (χ1) is 5.68. The van der Waals surface area contributed by atoms with Crippen LogP contribution in [0, 0.1) is 0 Å². The molecule has 0 amide bonds. The predicted molar refractivity (Wildman–Crippen MR) is 51.6 cm³/mol. The third-order valence-corrected chi connectivity index (χ3v) is 2.46.